The van der Waals surface area contributed by atoms with E-state index in [1.54, 1.807) is 31.4 Å². The topological polar surface area (TPSA) is 47.6 Å². The fraction of sp³-hybridized carbons (Fsp3) is 0.318. The summed E-state index contributed by atoms with van der Waals surface area (Å²) in [5, 5.41) is 2.51. The molecule has 4 nitrogen and oxygen atoms in total. The highest BCUT2D eigenvalue weighted by Gasteiger charge is 2.06. The first-order valence-electron chi connectivity index (χ1n) is 9.18. The molecule has 0 aliphatic heterocycles. The number of amides is 1. The number of hydrogen-bond acceptors (Lipinski definition) is 3. The molecule has 0 spiro atoms. The molecule has 144 valence electrons. The van der Waals surface area contributed by atoms with Crippen molar-refractivity contribution in [1.29, 1.82) is 0 Å². The molecule has 0 saturated carbocycles. The first-order chi connectivity index (χ1) is 13.1. The maximum atomic E-state index is 13.6. The van der Waals surface area contributed by atoms with Crippen LogP contribution in [0.1, 0.15) is 38.2 Å². The second-order valence-corrected chi connectivity index (χ2v) is 6.12. The lowest BCUT2D eigenvalue weighted by Crippen LogP contribution is -2.09. The highest BCUT2D eigenvalue weighted by atomic mass is 19.1. The van der Waals surface area contributed by atoms with Crippen LogP contribution in [0.2, 0.25) is 0 Å². The molecule has 0 radical (unpaired) electrons. The number of carbonyl (C=O) groups is 1. The first-order valence-corrected chi connectivity index (χ1v) is 9.18. The molecule has 2 aromatic rings. The lowest BCUT2D eigenvalue weighted by molar-refractivity contribution is -0.111. The minimum Gasteiger partial charge on any atom is -0.493 e. The molecule has 0 saturated heterocycles. The van der Waals surface area contributed by atoms with E-state index >= 15 is 0 Å². The van der Waals surface area contributed by atoms with Crippen molar-refractivity contribution in [1.82, 2.24) is 0 Å². The third-order valence-electron chi connectivity index (χ3n) is 4.00. The van der Waals surface area contributed by atoms with Gasteiger partial charge in [-0.1, -0.05) is 44.4 Å². The Labute approximate surface area is 160 Å². The van der Waals surface area contributed by atoms with E-state index in [1.165, 1.54) is 31.1 Å². The Bertz CT molecular complexity index is 774. The highest BCUT2D eigenvalue weighted by molar-refractivity contribution is 6.02. The van der Waals surface area contributed by atoms with Gasteiger partial charge in [-0.05, 0) is 42.3 Å². The average Bonchev–Trinajstić information content (AvgIpc) is 2.68. The van der Waals surface area contributed by atoms with Crippen molar-refractivity contribution >= 4 is 17.7 Å². The third kappa shape index (κ3) is 6.77. The maximum Gasteiger partial charge on any atom is 0.248 e. The number of benzene rings is 2. The van der Waals surface area contributed by atoms with Gasteiger partial charge < -0.3 is 14.8 Å². The summed E-state index contributed by atoms with van der Waals surface area (Å²) >= 11 is 0. The Morgan fingerprint density at radius 1 is 1.11 bits per heavy atom. The SMILES string of the molecule is CCCCCCOc1ccc(C=CC(=O)Nc2ccccc2F)cc1OC. The fourth-order valence-electron chi connectivity index (χ4n) is 2.53. The van der Waals surface area contributed by atoms with Crippen LogP contribution in [-0.2, 0) is 4.79 Å². The van der Waals surface area contributed by atoms with Crippen LogP contribution in [0, 0.1) is 5.82 Å². The van der Waals surface area contributed by atoms with Gasteiger partial charge in [-0.25, -0.2) is 4.39 Å². The van der Waals surface area contributed by atoms with Crippen molar-refractivity contribution in [2.45, 2.75) is 32.6 Å². The lowest BCUT2D eigenvalue weighted by atomic mass is 10.2. The molecule has 0 atom stereocenters. The molecule has 1 amide bonds. The number of anilines is 1. The molecular formula is C22H26FNO3. The van der Waals surface area contributed by atoms with Crippen molar-refractivity contribution in [3.05, 3.63) is 59.9 Å². The quantitative estimate of drug-likeness (QED) is 0.446. The van der Waals surface area contributed by atoms with Crippen LogP contribution in [0.25, 0.3) is 6.08 Å². The summed E-state index contributed by atoms with van der Waals surface area (Å²) in [6.07, 6.45) is 7.55. The lowest BCUT2D eigenvalue weighted by Gasteiger charge is -2.11. The second kappa shape index (κ2) is 11.0. The summed E-state index contributed by atoms with van der Waals surface area (Å²) in [7, 11) is 1.58. The number of rotatable bonds is 10. The van der Waals surface area contributed by atoms with Crippen LogP contribution in [0.3, 0.4) is 0 Å². The molecule has 0 aromatic heterocycles. The number of ether oxygens (including phenoxy) is 2. The summed E-state index contributed by atoms with van der Waals surface area (Å²) < 4.78 is 24.7. The van der Waals surface area contributed by atoms with Gasteiger partial charge in [0.25, 0.3) is 0 Å². The van der Waals surface area contributed by atoms with Crippen LogP contribution < -0.4 is 14.8 Å². The molecule has 0 aliphatic rings. The van der Waals surface area contributed by atoms with E-state index in [-0.39, 0.29) is 5.69 Å². The minimum atomic E-state index is -0.471. The standard InChI is InChI=1S/C22H26FNO3/c1-3-4-5-8-15-27-20-13-11-17(16-21(20)26-2)12-14-22(25)24-19-10-7-6-9-18(19)23/h6-7,9-14,16H,3-5,8,15H2,1-2H3,(H,24,25). The zero-order valence-corrected chi connectivity index (χ0v) is 15.8. The highest BCUT2D eigenvalue weighted by Crippen LogP contribution is 2.28. The van der Waals surface area contributed by atoms with Gasteiger partial charge in [0, 0.05) is 6.08 Å². The molecule has 0 heterocycles. The average molecular weight is 371 g/mol. The van der Waals surface area contributed by atoms with Crippen LogP contribution in [0.4, 0.5) is 10.1 Å². The Balaban J connectivity index is 1.94. The summed E-state index contributed by atoms with van der Waals surface area (Å²) in [6.45, 7) is 2.82. The first kappa shape index (κ1) is 20.5. The maximum absolute atomic E-state index is 13.6. The molecular weight excluding hydrogens is 345 g/mol. The van der Waals surface area contributed by atoms with Crippen molar-refractivity contribution in [3.63, 3.8) is 0 Å². The smallest absolute Gasteiger partial charge is 0.248 e. The third-order valence-corrected chi connectivity index (χ3v) is 4.00. The largest absolute Gasteiger partial charge is 0.493 e. The van der Waals surface area contributed by atoms with Crippen LogP contribution in [0.5, 0.6) is 11.5 Å². The predicted octanol–water partition coefficient (Wildman–Crippen LogP) is 5.45. The summed E-state index contributed by atoms with van der Waals surface area (Å²) in [6, 6.07) is 11.5. The fourth-order valence-corrected chi connectivity index (χ4v) is 2.53. The van der Waals surface area contributed by atoms with Gasteiger partial charge in [-0.15, -0.1) is 0 Å². The van der Waals surface area contributed by atoms with Gasteiger partial charge in [0.2, 0.25) is 5.91 Å². The summed E-state index contributed by atoms with van der Waals surface area (Å²) in [4.78, 5) is 12.0. The normalized spacial score (nSPS) is 10.8. The van der Waals surface area contributed by atoms with E-state index in [9.17, 15) is 9.18 Å². The molecule has 0 unspecified atom stereocenters. The van der Waals surface area contributed by atoms with E-state index in [0.29, 0.717) is 18.1 Å². The van der Waals surface area contributed by atoms with Crippen molar-refractivity contribution in [3.8, 4) is 11.5 Å². The number of carbonyl (C=O) groups excluding carboxylic acids is 1. The zero-order valence-electron chi connectivity index (χ0n) is 15.8. The van der Waals surface area contributed by atoms with Gasteiger partial charge in [-0.2, -0.15) is 0 Å². The molecule has 0 fully saturated rings. The molecule has 2 rings (SSSR count). The Kier molecular flexibility index (Phi) is 8.36. The van der Waals surface area contributed by atoms with E-state index in [1.807, 2.05) is 12.1 Å². The van der Waals surface area contributed by atoms with Crippen molar-refractivity contribution in [2.75, 3.05) is 19.0 Å². The number of methoxy groups -OCH3 is 1. The summed E-state index contributed by atoms with van der Waals surface area (Å²) in [5.41, 5.74) is 0.936. The van der Waals surface area contributed by atoms with Gasteiger partial charge in [0.05, 0.1) is 19.4 Å². The van der Waals surface area contributed by atoms with E-state index < -0.39 is 11.7 Å². The van der Waals surface area contributed by atoms with E-state index in [0.717, 1.165) is 18.4 Å². The minimum absolute atomic E-state index is 0.150. The van der Waals surface area contributed by atoms with Crippen LogP contribution >= 0.6 is 0 Å². The number of hydrogen-bond donors (Lipinski definition) is 1. The van der Waals surface area contributed by atoms with E-state index in [4.69, 9.17) is 9.47 Å². The number of halogens is 1. The van der Waals surface area contributed by atoms with Crippen molar-refractivity contribution < 1.29 is 18.7 Å². The number of nitrogens with one attached hydrogen (secondary N) is 1. The Morgan fingerprint density at radius 2 is 1.93 bits per heavy atom. The predicted molar refractivity (Wildman–Crippen MR) is 107 cm³/mol. The van der Waals surface area contributed by atoms with Gasteiger partial charge >= 0.3 is 0 Å². The molecule has 0 bridgehead atoms. The molecule has 0 aliphatic carbocycles. The van der Waals surface area contributed by atoms with E-state index in [2.05, 4.69) is 12.2 Å². The zero-order chi connectivity index (χ0) is 19.5. The monoisotopic (exact) mass is 371 g/mol. The molecule has 27 heavy (non-hydrogen) atoms. The van der Waals surface area contributed by atoms with Gasteiger partial charge in [0.15, 0.2) is 11.5 Å². The number of unbranched alkanes of at least 4 members (excludes halogenated alkanes) is 3. The Morgan fingerprint density at radius 3 is 2.67 bits per heavy atom. The summed E-state index contributed by atoms with van der Waals surface area (Å²) in [5.74, 6) is 0.417. The molecule has 2 aromatic carbocycles. The van der Waals surface area contributed by atoms with Gasteiger partial charge in [-0.3, -0.25) is 4.79 Å². The van der Waals surface area contributed by atoms with Crippen LogP contribution in [0.15, 0.2) is 48.5 Å². The second-order valence-electron chi connectivity index (χ2n) is 6.12. The Hall–Kier alpha value is -2.82. The van der Waals surface area contributed by atoms with Crippen LogP contribution in [-0.4, -0.2) is 19.6 Å². The van der Waals surface area contributed by atoms with Crippen molar-refractivity contribution in [2.24, 2.45) is 0 Å². The van der Waals surface area contributed by atoms with Gasteiger partial charge in [0.1, 0.15) is 5.82 Å². The molecule has 1 N–H and O–H groups in total. The number of para-hydroxylation sites is 1. The molecule has 5 heteroatoms.